The van der Waals surface area contributed by atoms with E-state index in [4.69, 9.17) is 9.05 Å². The molecule has 0 N–H and O–H groups in total. The summed E-state index contributed by atoms with van der Waals surface area (Å²) >= 11 is 0. The predicted molar refractivity (Wildman–Crippen MR) is 72.0 cm³/mol. The van der Waals surface area contributed by atoms with Crippen LogP contribution >= 0.6 is 8.38 Å². The Kier molecular flexibility index (Phi) is 4.85. The zero-order valence-electron chi connectivity index (χ0n) is 10.4. The molecule has 0 amide bonds. The van der Waals surface area contributed by atoms with Gasteiger partial charge in [-0.05, 0) is 24.3 Å². The summed E-state index contributed by atoms with van der Waals surface area (Å²) in [5.41, 5.74) is 0. The Labute approximate surface area is 116 Å². The standard InChI is InChI=1S/C14H12F3O2P/c15-14(16,17)11-20(18-12-7-3-1-4-8-12)19-13-9-5-2-6-10-13/h1-10H,11H2. The monoisotopic (exact) mass is 300 g/mol. The molecule has 0 spiro atoms. The molecule has 0 radical (unpaired) electrons. The van der Waals surface area contributed by atoms with E-state index in [1.807, 2.05) is 0 Å². The van der Waals surface area contributed by atoms with Gasteiger partial charge < -0.3 is 9.05 Å². The molecule has 0 aliphatic carbocycles. The summed E-state index contributed by atoms with van der Waals surface area (Å²) in [5.74, 6) is 0.720. The Morgan fingerprint density at radius 1 is 0.750 bits per heavy atom. The first kappa shape index (κ1) is 14.7. The minimum Gasteiger partial charge on any atom is -0.438 e. The van der Waals surface area contributed by atoms with Gasteiger partial charge in [0.1, 0.15) is 17.7 Å². The zero-order valence-corrected chi connectivity index (χ0v) is 11.3. The molecule has 0 atom stereocenters. The lowest BCUT2D eigenvalue weighted by molar-refractivity contribution is -0.107. The van der Waals surface area contributed by atoms with Crippen molar-refractivity contribution < 1.29 is 22.2 Å². The van der Waals surface area contributed by atoms with Gasteiger partial charge in [-0.3, -0.25) is 0 Å². The summed E-state index contributed by atoms with van der Waals surface area (Å²) in [4.78, 5) is 0. The van der Waals surface area contributed by atoms with Gasteiger partial charge in [0.05, 0.1) is 0 Å². The molecular formula is C14H12F3O2P. The molecule has 6 heteroatoms. The first-order chi connectivity index (χ1) is 9.53. The van der Waals surface area contributed by atoms with Gasteiger partial charge in [-0.2, -0.15) is 13.2 Å². The van der Waals surface area contributed by atoms with E-state index in [1.165, 1.54) is 0 Å². The first-order valence-electron chi connectivity index (χ1n) is 5.83. The third-order valence-corrected chi connectivity index (χ3v) is 3.65. The molecule has 2 aromatic rings. The topological polar surface area (TPSA) is 18.5 Å². The van der Waals surface area contributed by atoms with E-state index in [-0.39, 0.29) is 0 Å². The molecule has 0 fully saturated rings. The highest BCUT2D eigenvalue weighted by Gasteiger charge is 2.36. The van der Waals surface area contributed by atoms with Crippen LogP contribution in [-0.4, -0.2) is 12.3 Å². The summed E-state index contributed by atoms with van der Waals surface area (Å²) in [6, 6.07) is 16.7. The Morgan fingerprint density at radius 2 is 1.15 bits per heavy atom. The highest BCUT2D eigenvalue weighted by atomic mass is 31.2. The van der Waals surface area contributed by atoms with Gasteiger partial charge in [0.15, 0.2) is 0 Å². The Bertz CT molecular complexity index is 475. The van der Waals surface area contributed by atoms with Crippen LogP contribution in [0, 0.1) is 0 Å². The second-order valence-electron chi connectivity index (χ2n) is 3.91. The van der Waals surface area contributed by atoms with Crippen LogP contribution in [-0.2, 0) is 0 Å². The summed E-state index contributed by atoms with van der Waals surface area (Å²) in [7, 11) is -2.13. The number of halogens is 3. The number of para-hydroxylation sites is 2. The van der Waals surface area contributed by atoms with Crippen LogP contribution in [0.2, 0.25) is 0 Å². The maximum Gasteiger partial charge on any atom is 0.399 e. The van der Waals surface area contributed by atoms with Crippen LogP contribution in [0.15, 0.2) is 60.7 Å². The molecule has 0 saturated heterocycles. The van der Waals surface area contributed by atoms with E-state index in [0.717, 1.165) is 0 Å². The number of benzene rings is 2. The number of hydrogen-bond donors (Lipinski definition) is 0. The maximum atomic E-state index is 12.6. The summed E-state index contributed by atoms with van der Waals surface area (Å²) in [6.07, 6.45) is -5.46. The van der Waals surface area contributed by atoms with Crippen molar-refractivity contribution >= 4 is 8.38 Å². The number of rotatable bonds is 5. The lowest BCUT2D eigenvalue weighted by atomic mass is 10.3. The maximum absolute atomic E-state index is 12.6. The minimum absolute atomic E-state index is 0.360. The molecule has 0 bridgehead atoms. The van der Waals surface area contributed by atoms with Crippen LogP contribution in [0.3, 0.4) is 0 Å². The highest BCUT2D eigenvalue weighted by Crippen LogP contribution is 2.44. The van der Waals surface area contributed by atoms with Crippen LogP contribution in [0.4, 0.5) is 13.2 Å². The van der Waals surface area contributed by atoms with Crippen molar-refractivity contribution in [2.24, 2.45) is 0 Å². The fraction of sp³-hybridized carbons (Fsp3) is 0.143. The molecule has 0 aliphatic rings. The molecule has 0 aliphatic heterocycles. The second-order valence-corrected chi connectivity index (χ2v) is 5.26. The summed E-state index contributed by atoms with van der Waals surface area (Å²) in [5, 5.41) is 0. The van der Waals surface area contributed by atoms with E-state index in [2.05, 4.69) is 0 Å². The first-order valence-corrected chi connectivity index (χ1v) is 7.19. The smallest absolute Gasteiger partial charge is 0.399 e. The minimum atomic E-state index is -4.34. The molecule has 106 valence electrons. The quantitative estimate of drug-likeness (QED) is 0.722. The second kappa shape index (κ2) is 6.62. The molecule has 2 aromatic carbocycles. The van der Waals surface area contributed by atoms with E-state index in [1.54, 1.807) is 60.7 Å². The fourth-order valence-electron chi connectivity index (χ4n) is 1.43. The lowest BCUT2D eigenvalue weighted by Gasteiger charge is -2.19. The Morgan fingerprint density at radius 3 is 1.50 bits per heavy atom. The third kappa shape index (κ3) is 5.10. The molecule has 2 nitrogen and oxygen atoms in total. The molecule has 0 heterocycles. The SMILES string of the molecule is FC(F)(F)CP(Oc1ccccc1)Oc1ccccc1. The molecule has 0 unspecified atom stereocenters. The van der Waals surface area contributed by atoms with E-state index in [9.17, 15) is 13.2 Å². The van der Waals surface area contributed by atoms with Crippen LogP contribution < -0.4 is 9.05 Å². The summed E-state index contributed by atoms with van der Waals surface area (Å²) < 4.78 is 48.3. The van der Waals surface area contributed by atoms with Gasteiger partial charge in [0.25, 0.3) is 8.38 Å². The van der Waals surface area contributed by atoms with Gasteiger partial charge in [-0.1, -0.05) is 36.4 Å². The van der Waals surface area contributed by atoms with E-state index < -0.39 is 20.7 Å². The molecule has 20 heavy (non-hydrogen) atoms. The van der Waals surface area contributed by atoms with Gasteiger partial charge in [0, 0.05) is 0 Å². The van der Waals surface area contributed by atoms with Gasteiger partial charge in [-0.15, -0.1) is 0 Å². The van der Waals surface area contributed by atoms with Crippen molar-refractivity contribution in [2.75, 3.05) is 6.16 Å². The average molecular weight is 300 g/mol. The Balaban J connectivity index is 2.08. The number of hydrogen-bond acceptors (Lipinski definition) is 2. The van der Waals surface area contributed by atoms with Crippen molar-refractivity contribution in [1.29, 1.82) is 0 Å². The molecule has 0 aromatic heterocycles. The molecular weight excluding hydrogens is 288 g/mol. The Hall–Kier alpha value is -1.74. The summed E-state index contributed by atoms with van der Waals surface area (Å²) in [6.45, 7) is 0. The van der Waals surface area contributed by atoms with Gasteiger partial charge in [0.2, 0.25) is 0 Å². The van der Waals surface area contributed by atoms with Crippen molar-refractivity contribution in [1.82, 2.24) is 0 Å². The van der Waals surface area contributed by atoms with Crippen LogP contribution in [0.5, 0.6) is 11.5 Å². The van der Waals surface area contributed by atoms with Crippen LogP contribution in [0.1, 0.15) is 0 Å². The largest absolute Gasteiger partial charge is 0.438 e. The normalized spacial score (nSPS) is 11.4. The molecule has 2 rings (SSSR count). The molecule has 0 saturated carbocycles. The fourth-order valence-corrected chi connectivity index (χ4v) is 2.60. The number of alkyl halides is 3. The van der Waals surface area contributed by atoms with Crippen molar-refractivity contribution in [2.45, 2.75) is 6.18 Å². The predicted octanol–water partition coefficient (Wildman–Crippen LogP) is 5.02. The zero-order chi connectivity index (χ0) is 14.4. The van der Waals surface area contributed by atoms with Crippen molar-refractivity contribution in [3.63, 3.8) is 0 Å². The average Bonchev–Trinajstić information content (AvgIpc) is 2.39. The van der Waals surface area contributed by atoms with Gasteiger partial charge in [-0.25, -0.2) is 0 Å². The van der Waals surface area contributed by atoms with E-state index in [0.29, 0.717) is 11.5 Å². The third-order valence-electron chi connectivity index (χ3n) is 2.21. The van der Waals surface area contributed by atoms with E-state index >= 15 is 0 Å². The van der Waals surface area contributed by atoms with Gasteiger partial charge >= 0.3 is 6.18 Å². The van der Waals surface area contributed by atoms with Crippen LogP contribution in [0.25, 0.3) is 0 Å². The lowest BCUT2D eigenvalue weighted by Crippen LogP contribution is -2.16. The highest BCUT2D eigenvalue weighted by molar-refractivity contribution is 7.48. The van der Waals surface area contributed by atoms with Crippen molar-refractivity contribution in [3.05, 3.63) is 60.7 Å². The van der Waals surface area contributed by atoms with Crippen molar-refractivity contribution in [3.8, 4) is 11.5 Å².